The van der Waals surface area contributed by atoms with Gasteiger partial charge in [-0.1, -0.05) is 18.2 Å². The van der Waals surface area contributed by atoms with Gasteiger partial charge in [-0.05, 0) is 64.1 Å². The maximum Gasteiger partial charge on any atom is 0.122 e. The van der Waals surface area contributed by atoms with Crippen LogP contribution in [0.2, 0.25) is 0 Å². The molecule has 1 fully saturated rings. The summed E-state index contributed by atoms with van der Waals surface area (Å²) in [5.74, 6) is 0.142. The quantitative estimate of drug-likeness (QED) is 0.590. The molecule has 1 aromatic carbocycles. The van der Waals surface area contributed by atoms with Crippen LogP contribution >= 0.6 is 0 Å². The standard InChI is InChI=1S/C16H26N4/c1-19(8-5-11-20-9-2-3-10-20)13-14-6-4-7-15(12-14)16(17)18/h4,6-7,12H,2-3,5,8-11,13H2,1H3,(H3,17,18). The van der Waals surface area contributed by atoms with E-state index in [9.17, 15) is 0 Å². The fraction of sp³-hybridized carbons (Fsp3) is 0.562. The largest absolute Gasteiger partial charge is 0.384 e. The van der Waals surface area contributed by atoms with Crippen molar-refractivity contribution in [2.24, 2.45) is 5.73 Å². The molecule has 0 unspecified atom stereocenters. The minimum atomic E-state index is 0.142. The number of likely N-dealkylation sites (tertiary alicyclic amines) is 1. The van der Waals surface area contributed by atoms with E-state index in [2.05, 4.69) is 22.9 Å². The van der Waals surface area contributed by atoms with Crippen LogP contribution in [0, 0.1) is 5.41 Å². The number of hydrogen-bond acceptors (Lipinski definition) is 3. The molecule has 1 saturated heterocycles. The monoisotopic (exact) mass is 274 g/mol. The molecule has 0 atom stereocenters. The first-order valence-corrected chi connectivity index (χ1v) is 7.49. The van der Waals surface area contributed by atoms with Gasteiger partial charge in [0.05, 0.1) is 0 Å². The van der Waals surface area contributed by atoms with E-state index < -0.39 is 0 Å². The Morgan fingerprint density at radius 1 is 1.35 bits per heavy atom. The Hall–Kier alpha value is -1.39. The predicted molar refractivity (Wildman–Crippen MR) is 84.1 cm³/mol. The first-order valence-electron chi connectivity index (χ1n) is 7.49. The molecule has 4 nitrogen and oxygen atoms in total. The van der Waals surface area contributed by atoms with E-state index >= 15 is 0 Å². The first-order chi connectivity index (χ1) is 9.65. The van der Waals surface area contributed by atoms with Crippen LogP contribution in [-0.4, -0.2) is 48.9 Å². The van der Waals surface area contributed by atoms with Gasteiger partial charge in [0.1, 0.15) is 5.84 Å². The third-order valence-corrected chi connectivity index (χ3v) is 3.90. The Labute approximate surface area is 122 Å². The molecule has 1 aliphatic heterocycles. The molecule has 0 aliphatic carbocycles. The first kappa shape index (κ1) is 15.0. The number of nitrogens with one attached hydrogen (secondary N) is 1. The van der Waals surface area contributed by atoms with Gasteiger partial charge in [-0.15, -0.1) is 0 Å². The third kappa shape index (κ3) is 4.62. The van der Waals surface area contributed by atoms with Gasteiger partial charge < -0.3 is 15.5 Å². The molecule has 0 radical (unpaired) electrons. The Morgan fingerprint density at radius 2 is 2.10 bits per heavy atom. The number of amidine groups is 1. The minimum Gasteiger partial charge on any atom is -0.384 e. The Bertz CT molecular complexity index is 438. The van der Waals surface area contributed by atoms with Crippen LogP contribution in [0.4, 0.5) is 0 Å². The van der Waals surface area contributed by atoms with Crippen molar-refractivity contribution in [3.63, 3.8) is 0 Å². The summed E-state index contributed by atoms with van der Waals surface area (Å²) in [4.78, 5) is 4.90. The molecule has 4 heteroatoms. The number of nitrogens with two attached hydrogens (primary N) is 1. The van der Waals surface area contributed by atoms with E-state index in [-0.39, 0.29) is 5.84 Å². The lowest BCUT2D eigenvalue weighted by Gasteiger charge is -2.20. The summed E-state index contributed by atoms with van der Waals surface area (Å²) in [6.45, 7) is 5.81. The van der Waals surface area contributed by atoms with Gasteiger partial charge in [0.2, 0.25) is 0 Å². The van der Waals surface area contributed by atoms with Gasteiger partial charge >= 0.3 is 0 Å². The number of rotatable bonds is 7. The average Bonchev–Trinajstić information content (AvgIpc) is 2.92. The highest BCUT2D eigenvalue weighted by molar-refractivity contribution is 5.95. The second-order valence-electron chi connectivity index (χ2n) is 5.75. The summed E-state index contributed by atoms with van der Waals surface area (Å²) < 4.78 is 0. The molecular weight excluding hydrogens is 248 g/mol. The van der Waals surface area contributed by atoms with Gasteiger partial charge in [0, 0.05) is 12.1 Å². The van der Waals surface area contributed by atoms with Crippen LogP contribution in [0.5, 0.6) is 0 Å². The number of hydrogen-bond donors (Lipinski definition) is 2. The number of nitrogens with zero attached hydrogens (tertiary/aromatic N) is 2. The van der Waals surface area contributed by atoms with Gasteiger partial charge in [-0.25, -0.2) is 0 Å². The number of nitrogen functional groups attached to an aromatic ring is 1. The van der Waals surface area contributed by atoms with Crippen molar-refractivity contribution in [3.05, 3.63) is 35.4 Å². The second kappa shape index (κ2) is 7.41. The van der Waals surface area contributed by atoms with Crippen LogP contribution in [-0.2, 0) is 6.54 Å². The van der Waals surface area contributed by atoms with Crippen LogP contribution in [0.1, 0.15) is 30.4 Å². The van der Waals surface area contributed by atoms with Crippen molar-refractivity contribution in [2.45, 2.75) is 25.8 Å². The maximum absolute atomic E-state index is 7.48. The number of benzene rings is 1. The molecule has 1 aromatic rings. The van der Waals surface area contributed by atoms with Gasteiger partial charge in [-0.2, -0.15) is 0 Å². The summed E-state index contributed by atoms with van der Waals surface area (Å²) in [5.41, 5.74) is 7.56. The zero-order chi connectivity index (χ0) is 14.4. The normalized spacial score (nSPS) is 15.9. The molecule has 0 aromatic heterocycles. The average molecular weight is 274 g/mol. The van der Waals surface area contributed by atoms with Gasteiger partial charge in [0.25, 0.3) is 0 Å². The lowest BCUT2D eigenvalue weighted by atomic mass is 10.1. The molecule has 0 spiro atoms. The molecular formula is C16H26N4. The minimum absolute atomic E-state index is 0.142. The fourth-order valence-corrected chi connectivity index (χ4v) is 2.80. The molecule has 3 N–H and O–H groups in total. The smallest absolute Gasteiger partial charge is 0.122 e. The highest BCUT2D eigenvalue weighted by Crippen LogP contribution is 2.09. The molecule has 1 aliphatic rings. The summed E-state index contributed by atoms with van der Waals surface area (Å²) in [7, 11) is 2.16. The molecule has 0 amide bonds. The third-order valence-electron chi connectivity index (χ3n) is 3.90. The Balaban J connectivity index is 1.74. The van der Waals surface area contributed by atoms with E-state index in [1.807, 2.05) is 18.2 Å². The Morgan fingerprint density at radius 3 is 2.80 bits per heavy atom. The molecule has 0 bridgehead atoms. The van der Waals surface area contributed by atoms with E-state index in [1.165, 1.54) is 44.5 Å². The van der Waals surface area contributed by atoms with Crippen LogP contribution in [0.15, 0.2) is 24.3 Å². The zero-order valence-electron chi connectivity index (χ0n) is 12.4. The fourth-order valence-electron chi connectivity index (χ4n) is 2.80. The van der Waals surface area contributed by atoms with Crippen molar-refractivity contribution < 1.29 is 0 Å². The predicted octanol–water partition coefficient (Wildman–Crippen LogP) is 1.89. The van der Waals surface area contributed by atoms with Crippen molar-refractivity contribution in [1.82, 2.24) is 9.80 Å². The van der Waals surface area contributed by atoms with Crippen molar-refractivity contribution in [1.29, 1.82) is 5.41 Å². The highest BCUT2D eigenvalue weighted by atomic mass is 15.1. The van der Waals surface area contributed by atoms with Crippen molar-refractivity contribution in [2.75, 3.05) is 33.2 Å². The van der Waals surface area contributed by atoms with E-state index in [0.29, 0.717) is 0 Å². The van der Waals surface area contributed by atoms with Gasteiger partial charge in [-0.3, -0.25) is 5.41 Å². The molecule has 1 heterocycles. The van der Waals surface area contributed by atoms with E-state index in [1.54, 1.807) is 0 Å². The summed E-state index contributed by atoms with van der Waals surface area (Å²) in [5, 5.41) is 7.48. The summed E-state index contributed by atoms with van der Waals surface area (Å²) in [6, 6.07) is 7.98. The van der Waals surface area contributed by atoms with Crippen molar-refractivity contribution >= 4 is 5.84 Å². The lowest BCUT2D eigenvalue weighted by Crippen LogP contribution is -2.26. The van der Waals surface area contributed by atoms with Crippen LogP contribution in [0.3, 0.4) is 0 Å². The summed E-state index contributed by atoms with van der Waals surface area (Å²) in [6.07, 6.45) is 3.96. The van der Waals surface area contributed by atoms with E-state index in [4.69, 9.17) is 11.1 Å². The zero-order valence-corrected chi connectivity index (χ0v) is 12.4. The second-order valence-corrected chi connectivity index (χ2v) is 5.75. The summed E-state index contributed by atoms with van der Waals surface area (Å²) >= 11 is 0. The topological polar surface area (TPSA) is 56.4 Å². The van der Waals surface area contributed by atoms with Crippen LogP contribution in [0.25, 0.3) is 0 Å². The van der Waals surface area contributed by atoms with Crippen LogP contribution < -0.4 is 5.73 Å². The Kier molecular flexibility index (Phi) is 5.56. The highest BCUT2D eigenvalue weighted by Gasteiger charge is 2.11. The van der Waals surface area contributed by atoms with Crippen molar-refractivity contribution in [3.8, 4) is 0 Å². The van der Waals surface area contributed by atoms with Gasteiger partial charge in [0.15, 0.2) is 0 Å². The molecule has 0 saturated carbocycles. The SMILES string of the molecule is CN(CCCN1CCCC1)Cc1cccc(C(=N)N)c1. The molecule has 2 rings (SSSR count). The molecule has 20 heavy (non-hydrogen) atoms. The maximum atomic E-state index is 7.48. The molecule has 110 valence electrons. The van der Waals surface area contributed by atoms with E-state index in [0.717, 1.165) is 18.7 Å². The lowest BCUT2D eigenvalue weighted by molar-refractivity contribution is 0.275.